The summed E-state index contributed by atoms with van der Waals surface area (Å²) in [6.45, 7) is 1.64. The number of furan rings is 1. The van der Waals surface area contributed by atoms with Crippen molar-refractivity contribution in [2.75, 3.05) is 20.1 Å². The predicted octanol–water partition coefficient (Wildman–Crippen LogP) is 0.997. The molecular weight excluding hydrogens is 218 g/mol. The molecule has 1 amide bonds. The van der Waals surface area contributed by atoms with Crippen LogP contribution in [0.4, 0.5) is 0 Å². The van der Waals surface area contributed by atoms with Crippen LogP contribution in [0.5, 0.6) is 0 Å². The average molecular weight is 233 g/mol. The summed E-state index contributed by atoms with van der Waals surface area (Å²) < 4.78 is 4.86. The summed E-state index contributed by atoms with van der Waals surface area (Å²) in [6.07, 6.45) is 4.14. The van der Waals surface area contributed by atoms with Gasteiger partial charge < -0.3 is 14.6 Å². The molecule has 0 bridgehead atoms. The molecule has 1 aromatic heterocycles. The van der Waals surface area contributed by atoms with Gasteiger partial charge in [-0.2, -0.15) is 5.26 Å². The highest BCUT2D eigenvalue weighted by molar-refractivity contribution is 5.94. The molecule has 17 heavy (non-hydrogen) atoms. The van der Waals surface area contributed by atoms with Crippen LogP contribution >= 0.6 is 0 Å². The monoisotopic (exact) mass is 233 g/mol. The summed E-state index contributed by atoms with van der Waals surface area (Å²) in [4.78, 5) is 14.0. The smallest absolute Gasteiger partial charge is 0.255 e. The fourth-order valence-corrected chi connectivity index (χ4v) is 1.95. The molecule has 2 rings (SSSR count). The van der Waals surface area contributed by atoms with Crippen LogP contribution in [0.3, 0.4) is 0 Å². The van der Waals surface area contributed by atoms with Crippen molar-refractivity contribution in [1.29, 1.82) is 5.26 Å². The van der Waals surface area contributed by atoms with E-state index in [-0.39, 0.29) is 5.91 Å². The van der Waals surface area contributed by atoms with Crippen LogP contribution in [-0.4, -0.2) is 36.5 Å². The summed E-state index contributed by atoms with van der Waals surface area (Å²) in [6, 6.07) is 3.83. The van der Waals surface area contributed by atoms with E-state index < -0.39 is 5.54 Å². The van der Waals surface area contributed by atoms with Gasteiger partial charge in [-0.1, -0.05) is 0 Å². The molecule has 5 nitrogen and oxygen atoms in total. The number of nitrogens with zero attached hydrogens (tertiary/aromatic N) is 2. The first-order chi connectivity index (χ1) is 8.15. The molecule has 0 radical (unpaired) electrons. The largest absolute Gasteiger partial charge is 0.472 e. The molecule has 5 heteroatoms. The lowest BCUT2D eigenvalue weighted by Gasteiger charge is -2.35. The molecule has 1 aromatic rings. The van der Waals surface area contributed by atoms with E-state index in [1.54, 1.807) is 6.07 Å². The number of nitrogens with one attached hydrogen (secondary N) is 1. The quantitative estimate of drug-likeness (QED) is 0.827. The Hall–Kier alpha value is -1.80. The molecule has 1 N–H and O–H groups in total. The third-order valence-corrected chi connectivity index (χ3v) is 3.19. The second-order valence-electron chi connectivity index (χ2n) is 4.46. The molecule has 1 fully saturated rings. The lowest BCUT2D eigenvalue weighted by Crippen LogP contribution is -2.53. The Bertz CT molecular complexity index is 425. The van der Waals surface area contributed by atoms with E-state index >= 15 is 0 Å². The van der Waals surface area contributed by atoms with Gasteiger partial charge in [0.1, 0.15) is 11.8 Å². The minimum Gasteiger partial charge on any atom is -0.472 e. The molecule has 1 saturated heterocycles. The second-order valence-corrected chi connectivity index (χ2v) is 4.46. The Morgan fingerprint density at radius 3 is 2.82 bits per heavy atom. The van der Waals surface area contributed by atoms with Crippen molar-refractivity contribution >= 4 is 5.91 Å². The minimum absolute atomic E-state index is 0.246. The number of carbonyl (C=O) groups excluding carboxylic acids is 1. The molecule has 0 saturated carbocycles. The van der Waals surface area contributed by atoms with Crippen LogP contribution in [0.25, 0.3) is 0 Å². The number of piperidine rings is 1. The van der Waals surface area contributed by atoms with Gasteiger partial charge in [0.2, 0.25) is 0 Å². The van der Waals surface area contributed by atoms with Gasteiger partial charge >= 0.3 is 0 Å². The van der Waals surface area contributed by atoms with Gasteiger partial charge in [0.15, 0.2) is 0 Å². The Morgan fingerprint density at radius 1 is 1.59 bits per heavy atom. The van der Waals surface area contributed by atoms with Crippen molar-refractivity contribution in [3.63, 3.8) is 0 Å². The summed E-state index contributed by atoms with van der Waals surface area (Å²) in [5.74, 6) is -0.246. The molecule has 0 aromatic carbocycles. The third kappa shape index (κ3) is 2.48. The Balaban J connectivity index is 2.06. The van der Waals surface area contributed by atoms with E-state index in [0.29, 0.717) is 18.4 Å². The molecule has 2 heterocycles. The van der Waals surface area contributed by atoms with Gasteiger partial charge in [0.25, 0.3) is 5.91 Å². The average Bonchev–Trinajstić information content (AvgIpc) is 2.86. The summed E-state index contributed by atoms with van der Waals surface area (Å²) in [5, 5.41) is 12.1. The Morgan fingerprint density at radius 2 is 2.29 bits per heavy atom. The molecule has 1 aliphatic heterocycles. The van der Waals surface area contributed by atoms with Crippen LogP contribution < -0.4 is 5.32 Å². The first kappa shape index (κ1) is 11.7. The zero-order valence-electron chi connectivity index (χ0n) is 9.77. The maximum absolute atomic E-state index is 11.9. The summed E-state index contributed by atoms with van der Waals surface area (Å²) >= 11 is 0. The van der Waals surface area contributed by atoms with E-state index in [1.165, 1.54) is 12.5 Å². The van der Waals surface area contributed by atoms with Crippen molar-refractivity contribution in [3.05, 3.63) is 24.2 Å². The van der Waals surface area contributed by atoms with Crippen LogP contribution in [0.2, 0.25) is 0 Å². The number of amides is 1. The SMILES string of the molecule is CN1CCC(C#N)(NC(=O)c2ccoc2)CC1. The predicted molar refractivity (Wildman–Crippen MR) is 61.2 cm³/mol. The first-order valence-electron chi connectivity index (χ1n) is 5.60. The summed E-state index contributed by atoms with van der Waals surface area (Å²) in [7, 11) is 2.01. The highest BCUT2D eigenvalue weighted by Gasteiger charge is 2.35. The number of nitriles is 1. The van der Waals surface area contributed by atoms with Crippen LogP contribution in [-0.2, 0) is 0 Å². The lowest BCUT2D eigenvalue weighted by molar-refractivity contribution is 0.0881. The van der Waals surface area contributed by atoms with Crippen LogP contribution in [0.15, 0.2) is 23.0 Å². The normalized spacial score (nSPS) is 19.5. The van der Waals surface area contributed by atoms with Crippen LogP contribution in [0, 0.1) is 11.3 Å². The van der Waals surface area contributed by atoms with E-state index in [9.17, 15) is 10.1 Å². The molecule has 1 aliphatic rings. The lowest BCUT2D eigenvalue weighted by atomic mass is 9.89. The number of carbonyl (C=O) groups is 1. The number of hydrogen-bond acceptors (Lipinski definition) is 4. The standard InChI is InChI=1S/C12H15N3O2/c1-15-5-3-12(9-13,4-6-15)14-11(16)10-2-7-17-8-10/h2,7-8H,3-6H2,1H3,(H,14,16). The molecule has 0 spiro atoms. The zero-order chi connectivity index (χ0) is 12.3. The third-order valence-electron chi connectivity index (χ3n) is 3.19. The second kappa shape index (κ2) is 4.60. The van der Waals surface area contributed by atoms with Gasteiger partial charge in [0, 0.05) is 13.1 Å². The zero-order valence-corrected chi connectivity index (χ0v) is 9.77. The van der Waals surface area contributed by atoms with Crippen molar-refractivity contribution < 1.29 is 9.21 Å². The van der Waals surface area contributed by atoms with E-state index in [4.69, 9.17) is 4.42 Å². The van der Waals surface area contributed by atoms with Crippen molar-refractivity contribution in [1.82, 2.24) is 10.2 Å². The maximum atomic E-state index is 11.9. The molecule has 0 aliphatic carbocycles. The first-order valence-corrected chi connectivity index (χ1v) is 5.60. The molecular formula is C12H15N3O2. The molecule has 0 unspecified atom stereocenters. The molecule has 90 valence electrons. The number of hydrogen-bond donors (Lipinski definition) is 1. The van der Waals surface area contributed by atoms with Gasteiger partial charge in [-0.25, -0.2) is 0 Å². The van der Waals surface area contributed by atoms with Gasteiger partial charge in [-0.3, -0.25) is 4.79 Å². The Labute approximate surface area is 100 Å². The van der Waals surface area contributed by atoms with E-state index in [2.05, 4.69) is 16.3 Å². The van der Waals surface area contributed by atoms with E-state index in [1.807, 2.05) is 7.05 Å². The fourth-order valence-electron chi connectivity index (χ4n) is 1.95. The summed E-state index contributed by atoms with van der Waals surface area (Å²) in [5.41, 5.74) is -0.278. The fraction of sp³-hybridized carbons (Fsp3) is 0.500. The van der Waals surface area contributed by atoms with Crippen molar-refractivity contribution in [2.24, 2.45) is 0 Å². The topological polar surface area (TPSA) is 69.3 Å². The number of likely N-dealkylation sites (tertiary alicyclic amines) is 1. The van der Waals surface area contributed by atoms with Crippen molar-refractivity contribution in [3.8, 4) is 6.07 Å². The maximum Gasteiger partial charge on any atom is 0.255 e. The van der Waals surface area contributed by atoms with Gasteiger partial charge in [0.05, 0.1) is 17.9 Å². The number of rotatable bonds is 2. The van der Waals surface area contributed by atoms with Crippen molar-refractivity contribution in [2.45, 2.75) is 18.4 Å². The minimum atomic E-state index is -0.735. The Kier molecular flexibility index (Phi) is 3.16. The van der Waals surface area contributed by atoms with Crippen LogP contribution in [0.1, 0.15) is 23.2 Å². The molecule has 0 atom stereocenters. The van der Waals surface area contributed by atoms with Gasteiger partial charge in [-0.15, -0.1) is 0 Å². The van der Waals surface area contributed by atoms with E-state index in [0.717, 1.165) is 13.1 Å². The van der Waals surface area contributed by atoms with Gasteiger partial charge in [-0.05, 0) is 26.0 Å². The highest BCUT2D eigenvalue weighted by atomic mass is 16.3. The highest BCUT2D eigenvalue weighted by Crippen LogP contribution is 2.21.